The Bertz CT molecular complexity index is 944. The summed E-state index contributed by atoms with van der Waals surface area (Å²) in [5.41, 5.74) is -0.431. The number of hydrogen-bond donors (Lipinski definition) is 2. The molecule has 7 nitrogen and oxygen atoms in total. The van der Waals surface area contributed by atoms with Crippen molar-refractivity contribution in [3.63, 3.8) is 0 Å². The number of rotatable bonds is 6. The molecule has 1 aliphatic carbocycles. The summed E-state index contributed by atoms with van der Waals surface area (Å²) in [5, 5.41) is 6.97. The number of H-pyrrole nitrogens is 1. The average molecular weight is 370 g/mol. The molecule has 4 rings (SSSR count). The van der Waals surface area contributed by atoms with Crippen molar-refractivity contribution in [1.29, 1.82) is 0 Å². The van der Waals surface area contributed by atoms with E-state index in [9.17, 15) is 14.4 Å². The summed E-state index contributed by atoms with van der Waals surface area (Å²) >= 11 is 0. The second-order valence-corrected chi connectivity index (χ2v) is 7.70. The van der Waals surface area contributed by atoms with Crippen LogP contribution in [0.5, 0.6) is 0 Å². The van der Waals surface area contributed by atoms with E-state index < -0.39 is 0 Å². The molecule has 2 aromatic rings. The van der Waals surface area contributed by atoms with Gasteiger partial charge in [-0.05, 0) is 43.7 Å². The highest BCUT2D eigenvalue weighted by Gasteiger charge is 2.29. The molecule has 1 saturated heterocycles. The quantitative estimate of drug-likeness (QED) is 0.796. The van der Waals surface area contributed by atoms with E-state index in [4.69, 9.17) is 0 Å². The third-order valence-corrected chi connectivity index (χ3v) is 5.63. The van der Waals surface area contributed by atoms with Crippen LogP contribution in [-0.4, -0.2) is 46.3 Å². The van der Waals surface area contributed by atoms with Gasteiger partial charge in [-0.1, -0.05) is 12.1 Å². The van der Waals surface area contributed by atoms with Gasteiger partial charge >= 0.3 is 0 Å². The van der Waals surface area contributed by atoms with Crippen LogP contribution in [0.3, 0.4) is 0 Å². The Balaban J connectivity index is 1.35. The number of aromatic nitrogens is 2. The highest BCUT2D eigenvalue weighted by molar-refractivity contribution is 5.80. The summed E-state index contributed by atoms with van der Waals surface area (Å²) < 4.78 is 1.37. The van der Waals surface area contributed by atoms with Gasteiger partial charge in [0.1, 0.15) is 0 Å². The van der Waals surface area contributed by atoms with E-state index in [1.54, 1.807) is 24.3 Å². The van der Waals surface area contributed by atoms with E-state index in [1.165, 1.54) is 17.5 Å². The van der Waals surface area contributed by atoms with Crippen LogP contribution in [0.25, 0.3) is 10.8 Å². The largest absolute Gasteiger partial charge is 0.342 e. The first-order chi connectivity index (χ1) is 13.1. The normalized spacial score (nSPS) is 20.8. The van der Waals surface area contributed by atoms with Crippen molar-refractivity contribution in [1.82, 2.24) is 20.0 Å². The molecule has 0 bridgehead atoms. The van der Waals surface area contributed by atoms with Crippen molar-refractivity contribution < 1.29 is 4.79 Å². The Morgan fingerprint density at radius 3 is 2.59 bits per heavy atom. The third-order valence-electron chi connectivity index (χ3n) is 5.63. The predicted octanol–water partition coefficient (Wildman–Crippen LogP) is 1.07. The van der Waals surface area contributed by atoms with E-state index in [1.807, 2.05) is 4.90 Å². The fourth-order valence-corrected chi connectivity index (χ4v) is 3.83. The fourth-order valence-electron chi connectivity index (χ4n) is 3.83. The van der Waals surface area contributed by atoms with Gasteiger partial charge in [-0.3, -0.25) is 19.5 Å². The lowest BCUT2D eigenvalue weighted by Crippen LogP contribution is -2.37. The third kappa shape index (κ3) is 4.13. The van der Waals surface area contributed by atoms with Crippen LogP contribution >= 0.6 is 0 Å². The Labute approximate surface area is 157 Å². The molecule has 1 amide bonds. The second-order valence-electron chi connectivity index (χ2n) is 7.70. The van der Waals surface area contributed by atoms with Gasteiger partial charge in [0.25, 0.3) is 11.1 Å². The van der Waals surface area contributed by atoms with Crippen molar-refractivity contribution in [2.45, 2.75) is 44.7 Å². The molecule has 2 N–H and O–H groups in total. The van der Waals surface area contributed by atoms with Gasteiger partial charge in [0.05, 0.1) is 17.3 Å². The average Bonchev–Trinajstić information content (AvgIpc) is 3.51. The van der Waals surface area contributed by atoms with Crippen molar-refractivity contribution >= 4 is 16.7 Å². The van der Waals surface area contributed by atoms with Gasteiger partial charge in [-0.15, -0.1) is 0 Å². The number of aromatic amines is 1. The van der Waals surface area contributed by atoms with Crippen LogP contribution in [0.1, 0.15) is 32.1 Å². The monoisotopic (exact) mass is 370 g/mol. The molecule has 1 aliphatic heterocycles. The first-order valence-electron chi connectivity index (χ1n) is 9.85. The second kappa shape index (κ2) is 7.68. The molecular formula is C20H26N4O3. The molecular weight excluding hydrogens is 344 g/mol. The lowest BCUT2D eigenvalue weighted by molar-refractivity contribution is -0.130. The minimum atomic E-state index is -0.249. The van der Waals surface area contributed by atoms with E-state index in [2.05, 4.69) is 10.4 Å². The lowest BCUT2D eigenvalue weighted by Gasteiger charge is -2.21. The summed E-state index contributed by atoms with van der Waals surface area (Å²) in [6.07, 6.45) is 4.84. The maximum Gasteiger partial charge on any atom is 0.273 e. The zero-order valence-electron chi connectivity index (χ0n) is 15.4. The number of nitrogens with zero attached hydrogens (tertiary/aromatic N) is 2. The highest BCUT2D eigenvalue weighted by atomic mass is 16.2. The first kappa shape index (κ1) is 18.0. The Morgan fingerprint density at radius 2 is 1.81 bits per heavy atom. The van der Waals surface area contributed by atoms with Gasteiger partial charge in [0, 0.05) is 32.1 Å². The van der Waals surface area contributed by atoms with Crippen molar-refractivity contribution in [3.8, 4) is 0 Å². The minimum absolute atomic E-state index is 0.182. The summed E-state index contributed by atoms with van der Waals surface area (Å²) in [5.74, 6) is 0.983. The predicted molar refractivity (Wildman–Crippen MR) is 104 cm³/mol. The van der Waals surface area contributed by atoms with E-state index >= 15 is 0 Å². The Hall–Kier alpha value is -2.41. The van der Waals surface area contributed by atoms with Crippen LogP contribution in [0.2, 0.25) is 0 Å². The smallest absolute Gasteiger partial charge is 0.273 e. The zero-order valence-corrected chi connectivity index (χ0v) is 15.4. The molecule has 2 heterocycles. The molecule has 1 saturated carbocycles. The number of hydrogen-bond acceptors (Lipinski definition) is 4. The van der Waals surface area contributed by atoms with Crippen LogP contribution in [0.15, 0.2) is 33.9 Å². The maximum atomic E-state index is 12.5. The molecule has 27 heavy (non-hydrogen) atoms. The summed E-state index contributed by atoms with van der Waals surface area (Å²) in [7, 11) is 0. The highest BCUT2D eigenvalue weighted by Crippen LogP contribution is 2.30. The number of nitrogens with one attached hydrogen (secondary N) is 2. The van der Waals surface area contributed by atoms with E-state index in [0.29, 0.717) is 30.3 Å². The minimum Gasteiger partial charge on any atom is -0.342 e. The van der Waals surface area contributed by atoms with Crippen LogP contribution in [-0.2, 0) is 11.3 Å². The van der Waals surface area contributed by atoms with Crippen molar-refractivity contribution in [2.75, 3.05) is 19.6 Å². The van der Waals surface area contributed by atoms with Crippen LogP contribution < -0.4 is 16.4 Å². The standard InChI is InChI=1S/C20H26N4O3/c25-18-8-7-15(9-11-23(18)13-14-5-6-14)21-10-12-24-20(27)17-4-2-1-3-16(17)19(26)22-24/h1-4,14-15,21H,5-13H2,(H,22,26)/t15-/m0/s1. The van der Waals surface area contributed by atoms with Gasteiger partial charge < -0.3 is 10.2 Å². The number of carbonyl (C=O) groups is 1. The van der Waals surface area contributed by atoms with Gasteiger partial charge in [0.2, 0.25) is 5.91 Å². The van der Waals surface area contributed by atoms with Crippen molar-refractivity contribution in [2.24, 2.45) is 5.92 Å². The Kier molecular flexibility index (Phi) is 5.11. The topological polar surface area (TPSA) is 87.2 Å². The van der Waals surface area contributed by atoms with E-state index in [0.717, 1.165) is 31.8 Å². The summed E-state index contributed by atoms with van der Waals surface area (Å²) in [6, 6.07) is 7.13. The van der Waals surface area contributed by atoms with Crippen molar-refractivity contribution in [3.05, 3.63) is 45.0 Å². The fraction of sp³-hybridized carbons (Fsp3) is 0.550. The SMILES string of the molecule is O=C1CC[C@H](NCCn2[nH]c(=O)c3ccccc3c2=O)CCN1CC1CC1. The number of amides is 1. The maximum absolute atomic E-state index is 12.5. The number of likely N-dealkylation sites (tertiary alicyclic amines) is 1. The van der Waals surface area contributed by atoms with Gasteiger partial charge in [-0.25, -0.2) is 4.68 Å². The Morgan fingerprint density at radius 1 is 1.04 bits per heavy atom. The molecule has 0 radical (unpaired) electrons. The van der Waals surface area contributed by atoms with E-state index in [-0.39, 0.29) is 23.1 Å². The van der Waals surface area contributed by atoms with Gasteiger partial charge in [0.15, 0.2) is 0 Å². The molecule has 1 aromatic heterocycles. The molecule has 2 fully saturated rings. The number of fused-ring (bicyclic) bond motifs is 1. The van der Waals surface area contributed by atoms with Crippen LogP contribution in [0.4, 0.5) is 0 Å². The number of benzene rings is 1. The number of carbonyl (C=O) groups excluding carboxylic acids is 1. The van der Waals surface area contributed by atoms with Crippen LogP contribution in [0, 0.1) is 5.92 Å². The lowest BCUT2D eigenvalue weighted by atomic mass is 10.1. The molecule has 1 aromatic carbocycles. The first-order valence-corrected chi connectivity index (χ1v) is 9.85. The zero-order chi connectivity index (χ0) is 18.8. The molecule has 144 valence electrons. The molecule has 0 spiro atoms. The molecule has 7 heteroatoms. The summed E-state index contributed by atoms with van der Waals surface area (Å²) in [4.78, 5) is 38.9. The van der Waals surface area contributed by atoms with Gasteiger partial charge in [-0.2, -0.15) is 0 Å². The molecule has 2 aliphatic rings. The summed E-state index contributed by atoms with van der Waals surface area (Å²) in [6.45, 7) is 2.70. The molecule has 1 atom stereocenters. The molecule has 0 unspecified atom stereocenters.